The van der Waals surface area contributed by atoms with Gasteiger partial charge in [-0.1, -0.05) is 17.4 Å². The van der Waals surface area contributed by atoms with E-state index >= 15 is 0 Å². The summed E-state index contributed by atoms with van der Waals surface area (Å²) in [5, 5.41) is 2.83. The molecule has 1 amide bonds. The number of thiazole rings is 1. The van der Waals surface area contributed by atoms with Crippen molar-refractivity contribution in [1.82, 2.24) is 9.71 Å². The van der Waals surface area contributed by atoms with E-state index in [4.69, 9.17) is 0 Å². The molecule has 12 heteroatoms. The molecule has 0 radical (unpaired) electrons. The third-order valence-electron chi connectivity index (χ3n) is 4.53. The maximum atomic E-state index is 13.3. The number of rotatable bonds is 5. The van der Waals surface area contributed by atoms with Crippen molar-refractivity contribution in [2.45, 2.75) is 17.4 Å². The van der Waals surface area contributed by atoms with E-state index in [9.17, 15) is 26.0 Å². The molecule has 1 aliphatic rings. The van der Waals surface area contributed by atoms with Crippen LogP contribution in [0.5, 0.6) is 0 Å². The first-order valence-electron chi connectivity index (χ1n) is 8.82. The average Bonchev–Trinajstić information content (AvgIpc) is 3.22. The number of sulfone groups is 1. The Hall–Kier alpha value is -2.41. The number of fused-ring (bicyclic) bond motifs is 1. The van der Waals surface area contributed by atoms with Gasteiger partial charge >= 0.3 is 0 Å². The Morgan fingerprint density at radius 3 is 2.73 bits per heavy atom. The van der Waals surface area contributed by atoms with Crippen molar-refractivity contribution in [1.29, 1.82) is 0 Å². The van der Waals surface area contributed by atoms with Crippen LogP contribution in [-0.4, -0.2) is 45.3 Å². The first-order valence-corrected chi connectivity index (χ1v) is 12.9. The lowest BCUT2D eigenvalue weighted by atomic mass is 10.2. The van der Waals surface area contributed by atoms with E-state index in [2.05, 4.69) is 15.0 Å². The van der Waals surface area contributed by atoms with Gasteiger partial charge in [-0.3, -0.25) is 10.1 Å². The molecule has 30 heavy (non-hydrogen) atoms. The van der Waals surface area contributed by atoms with E-state index in [1.54, 1.807) is 0 Å². The van der Waals surface area contributed by atoms with E-state index in [0.717, 1.165) is 11.3 Å². The number of carbonyl (C=O) groups excluding carboxylic acids is 1. The highest BCUT2D eigenvalue weighted by atomic mass is 32.2. The summed E-state index contributed by atoms with van der Waals surface area (Å²) in [6, 6.07) is 8.77. The predicted molar refractivity (Wildman–Crippen MR) is 111 cm³/mol. The van der Waals surface area contributed by atoms with Gasteiger partial charge in [-0.05, 0) is 42.8 Å². The molecule has 0 bridgehead atoms. The van der Waals surface area contributed by atoms with Gasteiger partial charge in [-0.2, -0.15) is 0 Å². The van der Waals surface area contributed by atoms with Crippen molar-refractivity contribution in [2.24, 2.45) is 0 Å². The Labute approximate surface area is 176 Å². The van der Waals surface area contributed by atoms with Crippen LogP contribution in [0.3, 0.4) is 0 Å². The first kappa shape index (κ1) is 20.8. The Balaban J connectivity index is 1.52. The van der Waals surface area contributed by atoms with Gasteiger partial charge < -0.3 is 0 Å². The van der Waals surface area contributed by atoms with Crippen molar-refractivity contribution in [3.63, 3.8) is 0 Å². The molecule has 1 aromatic heterocycles. The van der Waals surface area contributed by atoms with Gasteiger partial charge in [0.1, 0.15) is 5.82 Å². The molecular formula is C18H16FN3O5S3. The monoisotopic (exact) mass is 469 g/mol. The smallest absolute Gasteiger partial charge is 0.257 e. The lowest BCUT2D eigenvalue weighted by molar-refractivity contribution is 0.102. The van der Waals surface area contributed by atoms with Crippen molar-refractivity contribution >= 4 is 52.5 Å². The average molecular weight is 470 g/mol. The number of halogens is 1. The molecular weight excluding hydrogens is 453 g/mol. The molecule has 2 N–H and O–H groups in total. The number of sulfonamides is 1. The van der Waals surface area contributed by atoms with Crippen LogP contribution in [0.2, 0.25) is 0 Å². The number of benzene rings is 2. The number of nitrogens with zero attached hydrogens (tertiary/aromatic N) is 1. The van der Waals surface area contributed by atoms with Crippen LogP contribution in [0.25, 0.3) is 10.2 Å². The van der Waals surface area contributed by atoms with Crippen LogP contribution in [0.15, 0.2) is 47.4 Å². The predicted octanol–water partition coefficient (Wildman–Crippen LogP) is 2.15. The van der Waals surface area contributed by atoms with Gasteiger partial charge in [0.15, 0.2) is 15.0 Å². The van der Waals surface area contributed by atoms with Crippen LogP contribution in [0.4, 0.5) is 9.52 Å². The maximum absolute atomic E-state index is 13.3. The molecule has 1 aliphatic heterocycles. The summed E-state index contributed by atoms with van der Waals surface area (Å²) in [4.78, 5) is 16.6. The SMILES string of the molecule is O=C(Nc1nc2ccc(F)cc2s1)c1cccc(S(=O)(=O)NC2CCS(=O)(=O)C2)c1. The number of carbonyl (C=O) groups is 1. The highest BCUT2D eigenvalue weighted by Gasteiger charge is 2.31. The van der Waals surface area contributed by atoms with Gasteiger partial charge in [0, 0.05) is 11.6 Å². The number of nitrogens with one attached hydrogen (secondary N) is 2. The molecule has 0 aliphatic carbocycles. The van der Waals surface area contributed by atoms with Crippen LogP contribution in [0, 0.1) is 5.82 Å². The second-order valence-electron chi connectivity index (χ2n) is 6.83. The molecule has 8 nitrogen and oxygen atoms in total. The van der Waals surface area contributed by atoms with Crippen molar-refractivity contribution in [2.75, 3.05) is 16.8 Å². The second kappa shape index (κ2) is 7.69. The van der Waals surface area contributed by atoms with Gasteiger partial charge in [0.25, 0.3) is 5.91 Å². The van der Waals surface area contributed by atoms with E-state index in [-0.39, 0.29) is 33.5 Å². The fraction of sp³-hybridized carbons (Fsp3) is 0.222. The number of hydrogen-bond donors (Lipinski definition) is 2. The van der Waals surface area contributed by atoms with Crippen LogP contribution in [0.1, 0.15) is 16.8 Å². The zero-order chi connectivity index (χ0) is 21.5. The van der Waals surface area contributed by atoms with Gasteiger partial charge in [-0.25, -0.2) is 30.9 Å². The first-order chi connectivity index (χ1) is 14.1. The summed E-state index contributed by atoms with van der Waals surface area (Å²) in [6.45, 7) is 0. The molecule has 4 rings (SSSR count). The summed E-state index contributed by atoms with van der Waals surface area (Å²) in [5.41, 5.74) is 0.617. The molecule has 1 saturated heterocycles. The maximum Gasteiger partial charge on any atom is 0.257 e. The van der Waals surface area contributed by atoms with E-state index < -0.39 is 37.6 Å². The third-order valence-corrected chi connectivity index (χ3v) is 8.75. The fourth-order valence-electron chi connectivity index (χ4n) is 3.10. The zero-order valence-electron chi connectivity index (χ0n) is 15.3. The third kappa shape index (κ3) is 4.51. The lowest BCUT2D eigenvalue weighted by Gasteiger charge is -2.12. The minimum absolute atomic E-state index is 0.0608. The highest BCUT2D eigenvalue weighted by molar-refractivity contribution is 7.92. The van der Waals surface area contributed by atoms with Crippen LogP contribution < -0.4 is 10.0 Å². The lowest BCUT2D eigenvalue weighted by Crippen LogP contribution is -2.35. The number of aromatic nitrogens is 1. The topological polar surface area (TPSA) is 122 Å². The minimum atomic E-state index is -4.00. The number of amides is 1. The normalized spacial score (nSPS) is 18.5. The molecule has 158 valence electrons. The molecule has 1 atom stereocenters. The van der Waals surface area contributed by atoms with Gasteiger partial charge in [0.05, 0.1) is 26.6 Å². The molecule has 2 heterocycles. The van der Waals surface area contributed by atoms with Crippen LogP contribution >= 0.6 is 11.3 Å². The molecule has 3 aromatic rings. The summed E-state index contributed by atoms with van der Waals surface area (Å²) < 4.78 is 64.6. The number of hydrogen-bond acceptors (Lipinski definition) is 7. The van der Waals surface area contributed by atoms with E-state index in [0.29, 0.717) is 10.2 Å². The van der Waals surface area contributed by atoms with E-state index in [1.165, 1.54) is 42.5 Å². The Morgan fingerprint density at radius 1 is 1.20 bits per heavy atom. The summed E-state index contributed by atoms with van der Waals surface area (Å²) in [6.07, 6.45) is 0.208. The van der Waals surface area contributed by atoms with E-state index in [1.807, 2.05) is 0 Å². The van der Waals surface area contributed by atoms with Gasteiger partial charge in [-0.15, -0.1) is 0 Å². The highest BCUT2D eigenvalue weighted by Crippen LogP contribution is 2.27. The van der Waals surface area contributed by atoms with Crippen molar-refractivity contribution < 1.29 is 26.0 Å². The zero-order valence-corrected chi connectivity index (χ0v) is 17.8. The molecule has 0 saturated carbocycles. The Kier molecular flexibility index (Phi) is 5.34. The molecule has 1 fully saturated rings. The molecule has 1 unspecified atom stereocenters. The number of anilines is 1. The van der Waals surface area contributed by atoms with Crippen molar-refractivity contribution in [3.05, 3.63) is 53.8 Å². The summed E-state index contributed by atoms with van der Waals surface area (Å²) in [5.74, 6) is -1.29. The second-order valence-corrected chi connectivity index (χ2v) is 11.8. The summed E-state index contributed by atoms with van der Waals surface area (Å²) in [7, 11) is -7.24. The molecule has 2 aromatic carbocycles. The Morgan fingerprint density at radius 2 is 2.00 bits per heavy atom. The summed E-state index contributed by atoms with van der Waals surface area (Å²) >= 11 is 1.09. The quantitative estimate of drug-likeness (QED) is 0.590. The minimum Gasteiger partial charge on any atom is -0.298 e. The largest absolute Gasteiger partial charge is 0.298 e. The van der Waals surface area contributed by atoms with Crippen molar-refractivity contribution in [3.8, 4) is 0 Å². The standard InChI is InChI=1S/C18H16FN3O5S3/c19-12-4-5-15-16(9-12)28-18(20-15)21-17(23)11-2-1-3-14(8-11)30(26,27)22-13-6-7-29(24,25)10-13/h1-5,8-9,13,22H,6-7,10H2,(H,20,21,23). The van der Waals surface area contributed by atoms with Gasteiger partial charge in [0.2, 0.25) is 10.0 Å². The Bertz CT molecular complexity index is 1350. The van der Waals surface area contributed by atoms with Crippen LogP contribution in [-0.2, 0) is 19.9 Å². The fourth-order valence-corrected chi connectivity index (χ4v) is 7.08. The molecule has 0 spiro atoms.